The molecule has 0 aliphatic rings. The minimum Gasteiger partial charge on any atom is -0.229 e. The Balaban J connectivity index is 4.05. The fourth-order valence-corrected chi connectivity index (χ4v) is 1.56. The van der Waals surface area contributed by atoms with Gasteiger partial charge in [0.25, 0.3) is 0 Å². The van der Waals surface area contributed by atoms with Crippen LogP contribution < -0.4 is 0 Å². The summed E-state index contributed by atoms with van der Waals surface area (Å²) in [5, 5.41) is -0.211. The Morgan fingerprint density at radius 1 is 1.33 bits per heavy atom. The summed E-state index contributed by atoms with van der Waals surface area (Å²) in [7, 11) is -2.75. The highest BCUT2D eigenvalue weighted by Gasteiger charge is 2.13. The maximum absolute atomic E-state index is 10.9. The molecule has 56 valence electrons. The van der Waals surface area contributed by atoms with Crippen molar-refractivity contribution in [3.63, 3.8) is 0 Å². The zero-order valence-corrected chi connectivity index (χ0v) is 7.03. The van der Waals surface area contributed by atoms with Crippen molar-refractivity contribution in [1.29, 1.82) is 0 Å². The van der Waals surface area contributed by atoms with Crippen LogP contribution in [0.1, 0.15) is 27.2 Å². The van der Waals surface area contributed by atoms with E-state index in [9.17, 15) is 8.42 Å². The Hall–Kier alpha value is -0.0500. The molecule has 0 bridgehead atoms. The minimum atomic E-state index is -2.75. The van der Waals surface area contributed by atoms with E-state index < -0.39 is 9.84 Å². The molecule has 0 fully saturated rings. The summed E-state index contributed by atoms with van der Waals surface area (Å²) >= 11 is 0. The number of rotatable bonds is 3. The summed E-state index contributed by atoms with van der Waals surface area (Å²) in [5.41, 5.74) is 0. The van der Waals surface area contributed by atoms with Crippen LogP contribution in [0, 0.1) is 0 Å². The van der Waals surface area contributed by atoms with Crippen molar-refractivity contribution in [2.24, 2.45) is 0 Å². The first-order valence-corrected chi connectivity index (χ1v) is 4.93. The third kappa shape index (κ3) is 2.84. The highest BCUT2D eigenvalue weighted by atomic mass is 32.2. The second-order valence-corrected chi connectivity index (χ2v) is 5.09. The lowest BCUT2D eigenvalue weighted by Gasteiger charge is -2.03. The van der Waals surface area contributed by atoms with Gasteiger partial charge in [-0.15, -0.1) is 0 Å². The van der Waals surface area contributed by atoms with Crippen molar-refractivity contribution in [2.75, 3.05) is 5.75 Å². The molecule has 0 N–H and O–H groups in total. The summed E-state index contributed by atoms with van der Waals surface area (Å²) < 4.78 is 21.9. The SMILES string of the molecule is CCCS(=O)(=O)C(C)C. The molecule has 0 radical (unpaired) electrons. The Morgan fingerprint density at radius 2 is 1.78 bits per heavy atom. The summed E-state index contributed by atoms with van der Waals surface area (Å²) in [5.74, 6) is 0.324. The molecule has 0 amide bonds. The summed E-state index contributed by atoms with van der Waals surface area (Å²) in [4.78, 5) is 0. The molecule has 0 aliphatic heterocycles. The molecule has 0 spiro atoms. The van der Waals surface area contributed by atoms with Crippen molar-refractivity contribution in [3.8, 4) is 0 Å². The van der Waals surface area contributed by atoms with E-state index >= 15 is 0 Å². The first kappa shape index (κ1) is 8.95. The maximum Gasteiger partial charge on any atom is 0.152 e. The first-order chi connectivity index (χ1) is 4.00. The standard InChI is InChI=1S/C6H14O2S/c1-4-5-9(7,8)6(2)3/h6H,4-5H2,1-3H3. The second-order valence-electron chi connectivity index (χ2n) is 2.42. The zero-order chi connectivity index (χ0) is 7.49. The van der Waals surface area contributed by atoms with Gasteiger partial charge in [0.05, 0.1) is 11.0 Å². The van der Waals surface area contributed by atoms with E-state index in [0.717, 1.165) is 6.42 Å². The van der Waals surface area contributed by atoms with Crippen LogP contribution in [-0.2, 0) is 9.84 Å². The van der Waals surface area contributed by atoms with Crippen molar-refractivity contribution in [2.45, 2.75) is 32.4 Å². The number of hydrogen-bond acceptors (Lipinski definition) is 2. The summed E-state index contributed by atoms with van der Waals surface area (Å²) in [6, 6.07) is 0. The molecule has 0 aliphatic carbocycles. The van der Waals surface area contributed by atoms with Gasteiger partial charge >= 0.3 is 0 Å². The number of sulfone groups is 1. The van der Waals surface area contributed by atoms with Crippen molar-refractivity contribution in [3.05, 3.63) is 0 Å². The molecule has 0 saturated carbocycles. The molecular formula is C6H14O2S. The fraction of sp³-hybridized carbons (Fsp3) is 1.00. The van der Waals surface area contributed by atoms with Crippen LogP contribution >= 0.6 is 0 Å². The molecule has 0 saturated heterocycles. The third-order valence-electron chi connectivity index (χ3n) is 1.21. The lowest BCUT2D eigenvalue weighted by Crippen LogP contribution is -2.16. The predicted octanol–water partition coefficient (Wildman–Crippen LogP) is 1.22. The van der Waals surface area contributed by atoms with E-state index in [2.05, 4.69) is 0 Å². The van der Waals surface area contributed by atoms with Gasteiger partial charge in [-0.3, -0.25) is 0 Å². The van der Waals surface area contributed by atoms with Crippen LogP contribution in [0.25, 0.3) is 0 Å². The Kier molecular flexibility index (Phi) is 3.18. The van der Waals surface area contributed by atoms with E-state index in [0.29, 0.717) is 5.75 Å². The van der Waals surface area contributed by atoms with Crippen LogP contribution in [0.5, 0.6) is 0 Å². The quantitative estimate of drug-likeness (QED) is 0.606. The van der Waals surface area contributed by atoms with E-state index in [1.54, 1.807) is 13.8 Å². The van der Waals surface area contributed by atoms with Gasteiger partial charge in [0.2, 0.25) is 0 Å². The van der Waals surface area contributed by atoms with Crippen molar-refractivity contribution >= 4 is 9.84 Å². The molecule has 0 aromatic heterocycles. The summed E-state index contributed by atoms with van der Waals surface area (Å²) in [6.45, 7) is 5.30. The Bertz CT molecular complexity index is 156. The van der Waals surface area contributed by atoms with Gasteiger partial charge in [-0.25, -0.2) is 8.42 Å². The normalized spacial score (nSPS) is 12.4. The van der Waals surface area contributed by atoms with Gasteiger partial charge in [0.1, 0.15) is 0 Å². The van der Waals surface area contributed by atoms with E-state index in [1.165, 1.54) is 0 Å². The van der Waals surface area contributed by atoms with Crippen LogP contribution in [0.3, 0.4) is 0 Å². The smallest absolute Gasteiger partial charge is 0.152 e. The summed E-state index contributed by atoms with van der Waals surface area (Å²) in [6.07, 6.45) is 0.723. The largest absolute Gasteiger partial charge is 0.229 e. The monoisotopic (exact) mass is 150 g/mol. The van der Waals surface area contributed by atoms with Crippen molar-refractivity contribution < 1.29 is 8.42 Å². The number of hydrogen-bond donors (Lipinski definition) is 0. The fourth-order valence-electron chi connectivity index (χ4n) is 0.520. The Labute approximate surface area is 57.2 Å². The van der Waals surface area contributed by atoms with Gasteiger partial charge in [0, 0.05) is 0 Å². The highest BCUT2D eigenvalue weighted by molar-refractivity contribution is 7.91. The molecule has 0 aromatic carbocycles. The average molecular weight is 150 g/mol. The van der Waals surface area contributed by atoms with Crippen LogP contribution in [0.2, 0.25) is 0 Å². The van der Waals surface area contributed by atoms with Gasteiger partial charge in [-0.2, -0.15) is 0 Å². The average Bonchev–Trinajstić information content (AvgIpc) is 1.65. The van der Waals surface area contributed by atoms with Gasteiger partial charge in [-0.05, 0) is 20.3 Å². The van der Waals surface area contributed by atoms with Gasteiger partial charge in [0.15, 0.2) is 9.84 Å². The predicted molar refractivity (Wildman–Crippen MR) is 39.2 cm³/mol. The molecule has 9 heavy (non-hydrogen) atoms. The zero-order valence-electron chi connectivity index (χ0n) is 6.22. The lowest BCUT2D eigenvalue weighted by molar-refractivity contribution is 0.586. The van der Waals surface area contributed by atoms with Crippen LogP contribution in [0.4, 0.5) is 0 Å². The molecule has 3 heteroatoms. The molecular weight excluding hydrogens is 136 g/mol. The first-order valence-electron chi connectivity index (χ1n) is 3.22. The molecule has 2 nitrogen and oxygen atoms in total. The molecule has 0 aromatic rings. The van der Waals surface area contributed by atoms with Gasteiger partial charge < -0.3 is 0 Å². The van der Waals surface area contributed by atoms with E-state index in [4.69, 9.17) is 0 Å². The van der Waals surface area contributed by atoms with Crippen LogP contribution in [-0.4, -0.2) is 19.4 Å². The van der Waals surface area contributed by atoms with Gasteiger partial charge in [-0.1, -0.05) is 6.92 Å². The highest BCUT2D eigenvalue weighted by Crippen LogP contribution is 2.01. The molecule has 0 heterocycles. The maximum atomic E-state index is 10.9. The second kappa shape index (κ2) is 3.20. The van der Waals surface area contributed by atoms with E-state index in [-0.39, 0.29) is 5.25 Å². The third-order valence-corrected chi connectivity index (χ3v) is 3.62. The topological polar surface area (TPSA) is 34.1 Å². The van der Waals surface area contributed by atoms with Crippen LogP contribution in [0.15, 0.2) is 0 Å². The molecule has 0 atom stereocenters. The van der Waals surface area contributed by atoms with E-state index in [1.807, 2.05) is 6.92 Å². The lowest BCUT2D eigenvalue weighted by atomic mass is 10.6. The molecule has 0 unspecified atom stereocenters. The molecule has 0 rings (SSSR count). The van der Waals surface area contributed by atoms with Crippen molar-refractivity contribution in [1.82, 2.24) is 0 Å². The Morgan fingerprint density at radius 3 is 1.89 bits per heavy atom. The minimum absolute atomic E-state index is 0.211.